The Kier molecular flexibility index (Phi) is 7.74. The third-order valence-electron chi connectivity index (χ3n) is 5.68. The second-order valence-electron chi connectivity index (χ2n) is 7.79. The van der Waals surface area contributed by atoms with Gasteiger partial charge in [0.1, 0.15) is 5.75 Å². The fourth-order valence-electron chi connectivity index (χ4n) is 4.02. The summed E-state index contributed by atoms with van der Waals surface area (Å²) in [6.07, 6.45) is 1.68. The fraction of sp³-hybridized carbons (Fsp3) is 0.333. The van der Waals surface area contributed by atoms with Gasteiger partial charge in [-0.25, -0.2) is 0 Å². The Morgan fingerprint density at radius 2 is 1.94 bits per heavy atom. The summed E-state index contributed by atoms with van der Waals surface area (Å²) in [5.41, 5.74) is 1.19. The number of likely N-dealkylation sites (tertiary alicyclic amines) is 1. The first-order valence-corrected chi connectivity index (χ1v) is 12.4. The minimum absolute atomic E-state index is 0.105. The number of nitrogens with zero attached hydrogens (tertiary/aromatic N) is 4. The molecule has 0 saturated carbocycles. The molecule has 1 aromatic heterocycles. The number of carbonyl (C=O) groups excluding carboxylic acids is 2. The van der Waals surface area contributed by atoms with E-state index in [1.54, 1.807) is 43.5 Å². The number of rotatable bonds is 8. The molecule has 178 valence electrons. The SMILES string of the molecule is CCn1c(SCC(=O)Nc2ccc(OC)cc2)nnc1C1CCCN1C(=O)c1ccccc1Cl. The summed E-state index contributed by atoms with van der Waals surface area (Å²) in [5, 5.41) is 12.7. The molecule has 1 N–H and O–H groups in total. The molecule has 2 heterocycles. The summed E-state index contributed by atoms with van der Waals surface area (Å²) in [4.78, 5) is 27.5. The van der Waals surface area contributed by atoms with Crippen molar-refractivity contribution in [3.63, 3.8) is 0 Å². The van der Waals surface area contributed by atoms with E-state index in [2.05, 4.69) is 15.5 Å². The van der Waals surface area contributed by atoms with Crippen molar-refractivity contribution in [2.75, 3.05) is 24.7 Å². The van der Waals surface area contributed by atoms with Crippen LogP contribution in [0.2, 0.25) is 5.02 Å². The smallest absolute Gasteiger partial charge is 0.255 e. The zero-order valence-corrected chi connectivity index (χ0v) is 20.6. The van der Waals surface area contributed by atoms with E-state index in [-0.39, 0.29) is 23.6 Å². The lowest BCUT2D eigenvalue weighted by atomic mass is 10.1. The summed E-state index contributed by atoms with van der Waals surface area (Å²) >= 11 is 7.59. The van der Waals surface area contributed by atoms with Crippen LogP contribution in [-0.4, -0.2) is 50.9 Å². The number of nitrogens with one attached hydrogen (secondary N) is 1. The lowest BCUT2D eigenvalue weighted by Crippen LogP contribution is -2.32. The monoisotopic (exact) mass is 499 g/mol. The van der Waals surface area contributed by atoms with E-state index in [4.69, 9.17) is 16.3 Å². The Balaban J connectivity index is 1.44. The van der Waals surface area contributed by atoms with E-state index in [1.165, 1.54) is 11.8 Å². The average Bonchev–Trinajstić information content (AvgIpc) is 3.49. The van der Waals surface area contributed by atoms with Crippen LogP contribution in [0.3, 0.4) is 0 Å². The summed E-state index contributed by atoms with van der Waals surface area (Å²) < 4.78 is 7.12. The molecule has 1 aliphatic heterocycles. The van der Waals surface area contributed by atoms with Crippen LogP contribution in [0.5, 0.6) is 5.75 Å². The highest BCUT2D eigenvalue weighted by atomic mass is 35.5. The molecular weight excluding hydrogens is 474 g/mol. The second kappa shape index (κ2) is 10.9. The van der Waals surface area contributed by atoms with Crippen molar-refractivity contribution in [1.82, 2.24) is 19.7 Å². The van der Waals surface area contributed by atoms with Crippen molar-refractivity contribution in [3.8, 4) is 5.75 Å². The number of carbonyl (C=O) groups is 2. The van der Waals surface area contributed by atoms with Gasteiger partial charge in [-0.05, 0) is 56.2 Å². The number of methoxy groups -OCH3 is 1. The molecule has 0 spiro atoms. The van der Waals surface area contributed by atoms with Crippen LogP contribution >= 0.6 is 23.4 Å². The predicted molar refractivity (Wildman–Crippen MR) is 133 cm³/mol. The minimum atomic E-state index is -0.182. The highest BCUT2D eigenvalue weighted by Crippen LogP contribution is 2.34. The molecule has 2 aromatic carbocycles. The molecule has 0 bridgehead atoms. The Labute approximate surface area is 207 Å². The van der Waals surface area contributed by atoms with Crippen LogP contribution in [0.15, 0.2) is 53.7 Å². The zero-order chi connectivity index (χ0) is 24.1. The lowest BCUT2D eigenvalue weighted by molar-refractivity contribution is -0.113. The van der Waals surface area contributed by atoms with Crippen molar-refractivity contribution in [1.29, 1.82) is 0 Å². The number of benzene rings is 2. The van der Waals surface area contributed by atoms with Crippen molar-refractivity contribution >= 4 is 40.9 Å². The van der Waals surface area contributed by atoms with Gasteiger partial charge in [-0.2, -0.15) is 0 Å². The van der Waals surface area contributed by atoms with Gasteiger partial charge in [-0.1, -0.05) is 35.5 Å². The van der Waals surface area contributed by atoms with Gasteiger partial charge < -0.3 is 19.5 Å². The molecular formula is C24H26ClN5O3S. The molecule has 10 heteroatoms. The fourth-order valence-corrected chi connectivity index (χ4v) is 5.05. The maximum Gasteiger partial charge on any atom is 0.255 e. The first kappa shape index (κ1) is 24.1. The van der Waals surface area contributed by atoms with Gasteiger partial charge in [0, 0.05) is 18.8 Å². The number of amides is 2. The second-order valence-corrected chi connectivity index (χ2v) is 9.14. The molecule has 4 rings (SSSR count). The van der Waals surface area contributed by atoms with Crippen LogP contribution < -0.4 is 10.1 Å². The Bertz CT molecular complexity index is 1170. The summed E-state index contributed by atoms with van der Waals surface area (Å²) in [6.45, 7) is 3.27. The molecule has 1 unspecified atom stereocenters. The average molecular weight is 500 g/mol. The number of hydrogen-bond acceptors (Lipinski definition) is 6. The van der Waals surface area contributed by atoms with E-state index >= 15 is 0 Å². The number of ether oxygens (including phenoxy) is 1. The van der Waals surface area contributed by atoms with Gasteiger partial charge in [0.05, 0.1) is 29.5 Å². The molecule has 8 nitrogen and oxygen atoms in total. The van der Waals surface area contributed by atoms with Crippen LogP contribution in [0.1, 0.15) is 42.0 Å². The molecule has 1 aliphatic rings. The normalized spacial score (nSPS) is 15.4. The molecule has 1 fully saturated rings. The first-order valence-electron chi connectivity index (χ1n) is 11.1. The highest BCUT2D eigenvalue weighted by Gasteiger charge is 2.35. The first-order chi connectivity index (χ1) is 16.5. The molecule has 3 aromatic rings. The molecule has 1 atom stereocenters. The number of thioether (sulfide) groups is 1. The molecule has 34 heavy (non-hydrogen) atoms. The molecule has 0 radical (unpaired) electrons. The number of anilines is 1. The van der Waals surface area contributed by atoms with E-state index in [0.29, 0.717) is 34.5 Å². The quantitative estimate of drug-likeness (QED) is 0.453. The Hall–Kier alpha value is -3.04. The minimum Gasteiger partial charge on any atom is -0.497 e. The van der Waals surface area contributed by atoms with Crippen LogP contribution in [0.25, 0.3) is 0 Å². The van der Waals surface area contributed by atoms with Crippen LogP contribution in [0.4, 0.5) is 5.69 Å². The summed E-state index contributed by atoms with van der Waals surface area (Å²) in [6, 6.07) is 14.1. The topological polar surface area (TPSA) is 89.3 Å². The number of halogens is 1. The van der Waals surface area contributed by atoms with E-state index in [1.807, 2.05) is 28.5 Å². The Morgan fingerprint density at radius 3 is 2.65 bits per heavy atom. The standard InChI is InChI=1S/C24H26ClN5O3S/c1-3-29-22(20-9-6-14-30(20)23(32)18-7-4-5-8-19(18)25)27-28-24(29)34-15-21(31)26-16-10-12-17(33-2)13-11-16/h4-5,7-8,10-13,20H,3,6,9,14-15H2,1-2H3,(H,26,31). The Morgan fingerprint density at radius 1 is 1.18 bits per heavy atom. The van der Waals surface area contributed by atoms with Crippen molar-refractivity contribution in [2.24, 2.45) is 0 Å². The van der Waals surface area contributed by atoms with E-state index < -0.39 is 0 Å². The third kappa shape index (κ3) is 5.20. The van der Waals surface area contributed by atoms with Gasteiger partial charge >= 0.3 is 0 Å². The zero-order valence-electron chi connectivity index (χ0n) is 19.0. The molecule has 2 amide bonds. The van der Waals surface area contributed by atoms with Gasteiger partial charge in [-0.15, -0.1) is 10.2 Å². The lowest BCUT2D eigenvalue weighted by Gasteiger charge is -2.25. The van der Waals surface area contributed by atoms with E-state index in [9.17, 15) is 9.59 Å². The summed E-state index contributed by atoms with van der Waals surface area (Å²) in [5.74, 6) is 1.41. The highest BCUT2D eigenvalue weighted by molar-refractivity contribution is 7.99. The van der Waals surface area contributed by atoms with Crippen molar-refractivity contribution < 1.29 is 14.3 Å². The van der Waals surface area contributed by atoms with Gasteiger partial charge in [-0.3, -0.25) is 9.59 Å². The van der Waals surface area contributed by atoms with E-state index in [0.717, 1.165) is 24.4 Å². The maximum atomic E-state index is 13.2. The predicted octanol–water partition coefficient (Wildman–Crippen LogP) is 4.67. The van der Waals surface area contributed by atoms with Gasteiger partial charge in [0.25, 0.3) is 5.91 Å². The van der Waals surface area contributed by atoms with Crippen molar-refractivity contribution in [2.45, 2.75) is 37.5 Å². The number of aromatic nitrogens is 3. The largest absolute Gasteiger partial charge is 0.497 e. The van der Waals surface area contributed by atoms with Gasteiger partial charge in [0.15, 0.2) is 11.0 Å². The van der Waals surface area contributed by atoms with Crippen LogP contribution in [0, 0.1) is 0 Å². The van der Waals surface area contributed by atoms with Gasteiger partial charge in [0.2, 0.25) is 5.91 Å². The summed E-state index contributed by atoms with van der Waals surface area (Å²) in [7, 11) is 1.60. The molecule has 0 aliphatic carbocycles. The third-order valence-corrected chi connectivity index (χ3v) is 6.98. The maximum absolute atomic E-state index is 13.2. The van der Waals surface area contributed by atoms with Crippen LogP contribution in [-0.2, 0) is 11.3 Å². The van der Waals surface area contributed by atoms with Crippen molar-refractivity contribution in [3.05, 3.63) is 64.9 Å². The molecule has 1 saturated heterocycles. The number of hydrogen-bond donors (Lipinski definition) is 1.